The summed E-state index contributed by atoms with van der Waals surface area (Å²) in [4.78, 5) is 13.8. The number of amides is 1. The van der Waals surface area contributed by atoms with Gasteiger partial charge in [-0.05, 0) is 43.0 Å². The molecule has 19 heavy (non-hydrogen) atoms. The highest BCUT2D eigenvalue weighted by Crippen LogP contribution is 2.25. The number of hydrogen-bond acceptors (Lipinski definition) is 3. The summed E-state index contributed by atoms with van der Waals surface area (Å²) >= 11 is 0. The average Bonchev–Trinajstić information content (AvgIpc) is 2.39. The molecule has 0 aliphatic carbocycles. The fraction of sp³-hybridized carbons (Fsp3) is 0.533. The molecular weight excluding hydrogens is 240 g/mol. The smallest absolute Gasteiger partial charge is 0.235 e. The molecule has 0 saturated carbocycles. The normalized spacial score (nSPS) is 24.1. The molecule has 0 aromatic heterocycles. The van der Waals surface area contributed by atoms with Crippen LogP contribution in [0.2, 0.25) is 0 Å². The van der Waals surface area contributed by atoms with Crippen LogP contribution in [-0.2, 0) is 11.3 Å². The number of carbonyl (C=O) groups excluding carboxylic acids is 1. The molecule has 0 radical (unpaired) electrons. The van der Waals surface area contributed by atoms with Crippen LogP contribution >= 0.6 is 0 Å². The number of hydrogen-bond donors (Lipinski definition) is 1. The number of piperidine rings is 1. The first kappa shape index (κ1) is 13.9. The Morgan fingerprint density at radius 1 is 1.42 bits per heavy atom. The van der Waals surface area contributed by atoms with Crippen molar-refractivity contribution in [1.29, 1.82) is 0 Å². The minimum Gasteiger partial charge on any atom is -0.497 e. The van der Waals surface area contributed by atoms with Crippen LogP contribution in [-0.4, -0.2) is 30.5 Å². The molecule has 2 N–H and O–H groups in total. The van der Waals surface area contributed by atoms with Gasteiger partial charge in [-0.1, -0.05) is 19.1 Å². The van der Waals surface area contributed by atoms with Crippen LogP contribution in [0.25, 0.3) is 0 Å². The number of ether oxygens (including phenoxy) is 1. The number of nitrogens with two attached hydrogens (primary N) is 1. The van der Waals surface area contributed by atoms with Crippen molar-refractivity contribution in [3.8, 4) is 5.75 Å². The molecule has 2 atom stereocenters. The fourth-order valence-electron chi connectivity index (χ4n) is 2.88. The van der Waals surface area contributed by atoms with Crippen LogP contribution in [0.1, 0.15) is 25.3 Å². The summed E-state index contributed by atoms with van der Waals surface area (Å²) < 4.78 is 5.15. The van der Waals surface area contributed by atoms with Gasteiger partial charge in [0.2, 0.25) is 5.91 Å². The topological polar surface area (TPSA) is 55.6 Å². The standard InChI is InChI=1S/C15H22N2O2/c1-11-4-3-9-17(14(11)15(16)18)10-12-5-7-13(19-2)8-6-12/h5-8,11,14H,3-4,9-10H2,1-2H3,(H2,16,18)/t11-,14+/m0/s1. The molecule has 104 valence electrons. The summed E-state index contributed by atoms with van der Waals surface area (Å²) in [6, 6.07) is 7.83. The zero-order chi connectivity index (χ0) is 13.8. The highest BCUT2D eigenvalue weighted by atomic mass is 16.5. The van der Waals surface area contributed by atoms with E-state index in [0.29, 0.717) is 5.92 Å². The van der Waals surface area contributed by atoms with Gasteiger partial charge in [0.25, 0.3) is 0 Å². The maximum absolute atomic E-state index is 11.6. The molecule has 1 fully saturated rings. The van der Waals surface area contributed by atoms with Gasteiger partial charge < -0.3 is 10.5 Å². The van der Waals surface area contributed by atoms with Crippen molar-refractivity contribution in [2.45, 2.75) is 32.4 Å². The summed E-state index contributed by atoms with van der Waals surface area (Å²) in [5.41, 5.74) is 6.73. The second kappa shape index (κ2) is 6.06. The first-order valence-electron chi connectivity index (χ1n) is 6.78. The second-order valence-electron chi connectivity index (χ2n) is 5.29. The predicted molar refractivity (Wildman–Crippen MR) is 74.8 cm³/mol. The fourth-order valence-corrected chi connectivity index (χ4v) is 2.88. The Kier molecular flexibility index (Phi) is 4.43. The molecule has 2 rings (SSSR count). The molecule has 4 heteroatoms. The van der Waals surface area contributed by atoms with Crippen molar-refractivity contribution in [3.05, 3.63) is 29.8 Å². The van der Waals surface area contributed by atoms with Crippen molar-refractivity contribution >= 4 is 5.91 Å². The molecule has 0 bridgehead atoms. The van der Waals surface area contributed by atoms with Crippen molar-refractivity contribution < 1.29 is 9.53 Å². The molecule has 0 unspecified atom stereocenters. The van der Waals surface area contributed by atoms with Crippen LogP contribution < -0.4 is 10.5 Å². The number of rotatable bonds is 4. The van der Waals surface area contributed by atoms with E-state index >= 15 is 0 Å². The first-order chi connectivity index (χ1) is 9.11. The van der Waals surface area contributed by atoms with Gasteiger partial charge in [0, 0.05) is 6.54 Å². The van der Waals surface area contributed by atoms with E-state index in [1.165, 1.54) is 5.56 Å². The number of primary amides is 1. The lowest BCUT2D eigenvalue weighted by molar-refractivity contribution is -0.126. The minimum atomic E-state index is -0.208. The minimum absolute atomic E-state index is 0.143. The molecule has 1 aromatic carbocycles. The SMILES string of the molecule is COc1ccc(CN2CCC[C@H](C)[C@@H]2C(N)=O)cc1. The molecule has 1 aliphatic rings. The van der Waals surface area contributed by atoms with Crippen LogP contribution in [0.15, 0.2) is 24.3 Å². The number of nitrogens with zero attached hydrogens (tertiary/aromatic N) is 1. The molecule has 1 saturated heterocycles. The maximum atomic E-state index is 11.6. The van der Waals surface area contributed by atoms with Gasteiger partial charge in [0.15, 0.2) is 0 Å². The Bertz CT molecular complexity index is 430. The van der Waals surface area contributed by atoms with Crippen molar-refractivity contribution in [3.63, 3.8) is 0 Å². The van der Waals surface area contributed by atoms with Gasteiger partial charge in [-0.25, -0.2) is 0 Å². The Morgan fingerprint density at radius 2 is 2.11 bits per heavy atom. The van der Waals surface area contributed by atoms with Crippen LogP contribution in [0.3, 0.4) is 0 Å². The molecule has 1 amide bonds. The quantitative estimate of drug-likeness (QED) is 0.900. The third kappa shape index (κ3) is 3.26. The van der Waals surface area contributed by atoms with Crippen molar-refractivity contribution in [1.82, 2.24) is 4.90 Å². The lowest BCUT2D eigenvalue weighted by Crippen LogP contribution is -2.51. The van der Waals surface area contributed by atoms with E-state index in [9.17, 15) is 4.79 Å². The largest absolute Gasteiger partial charge is 0.497 e. The molecule has 4 nitrogen and oxygen atoms in total. The summed E-state index contributed by atoms with van der Waals surface area (Å²) in [6.45, 7) is 3.81. The first-order valence-corrected chi connectivity index (χ1v) is 6.78. The monoisotopic (exact) mass is 262 g/mol. The number of benzene rings is 1. The Morgan fingerprint density at radius 3 is 2.68 bits per heavy atom. The third-order valence-corrected chi connectivity index (χ3v) is 3.87. The van der Waals surface area contributed by atoms with E-state index in [2.05, 4.69) is 11.8 Å². The van der Waals surface area contributed by atoms with Gasteiger partial charge in [-0.15, -0.1) is 0 Å². The zero-order valence-corrected chi connectivity index (χ0v) is 11.6. The van der Waals surface area contributed by atoms with Crippen molar-refractivity contribution in [2.75, 3.05) is 13.7 Å². The molecular formula is C15H22N2O2. The van der Waals surface area contributed by atoms with E-state index in [4.69, 9.17) is 10.5 Å². The molecule has 1 aliphatic heterocycles. The van der Waals surface area contributed by atoms with Crippen molar-refractivity contribution in [2.24, 2.45) is 11.7 Å². The summed E-state index contributed by atoms with van der Waals surface area (Å²) in [7, 11) is 1.66. The van der Waals surface area contributed by atoms with Crippen LogP contribution in [0, 0.1) is 5.92 Å². The van der Waals surface area contributed by atoms with E-state index in [-0.39, 0.29) is 11.9 Å². The van der Waals surface area contributed by atoms with Crippen LogP contribution in [0.4, 0.5) is 0 Å². The lowest BCUT2D eigenvalue weighted by atomic mass is 9.90. The molecule has 0 spiro atoms. The van der Waals surface area contributed by atoms with E-state index in [1.54, 1.807) is 7.11 Å². The van der Waals surface area contributed by atoms with Gasteiger partial charge in [-0.3, -0.25) is 9.69 Å². The Hall–Kier alpha value is -1.55. The molecule has 1 heterocycles. The number of carbonyl (C=O) groups is 1. The summed E-state index contributed by atoms with van der Waals surface area (Å²) in [5, 5.41) is 0. The Balaban J connectivity index is 2.08. The van der Waals surface area contributed by atoms with Gasteiger partial charge in [0.1, 0.15) is 5.75 Å². The highest BCUT2D eigenvalue weighted by molar-refractivity contribution is 5.80. The third-order valence-electron chi connectivity index (χ3n) is 3.87. The second-order valence-corrected chi connectivity index (χ2v) is 5.29. The van der Waals surface area contributed by atoms with Gasteiger partial charge >= 0.3 is 0 Å². The summed E-state index contributed by atoms with van der Waals surface area (Å²) in [6.07, 6.45) is 2.20. The average molecular weight is 262 g/mol. The van der Waals surface area contributed by atoms with E-state index < -0.39 is 0 Å². The number of likely N-dealkylation sites (tertiary alicyclic amines) is 1. The van der Waals surface area contributed by atoms with Gasteiger partial charge in [-0.2, -0.15) is 0 Å². The molecule has 1 aromatic rings. The maximum Gasteiger partial charge on any atom is 0.235 e. The van der Waals surface area contributed by atoms with E-state index in [1.807, 2.05) is 24.3 Å². The van der Waals surface area contributed by atoms with Gasteiger partial charge in [0.05, 0.1) is 13.2 Å². The number of methoxy groups -OCH3 is 1. The highest BCUT2D eigenvalue weighted by Gasteiger charge is 2.32. The predicted octanol–water partition coefficient (Wildman–Crippen LogP) is 1.78. The van der Waals surface area contributed by atoms with Crippen LogP contribution in [0.5, 0.6) is 5.75 Å². The lowest BCUT2D eigenvalue weighted by Gasteiger charge is -2.38. The zero-order valence-electron chi connectivity index (χ0n) is 11.6. The Labute approximate surface area is 114 Å². The summed E-state index contributed by atoms with van der Waals surface area (Å²) in [5.74, 6) is 0.979. The van der Waals surface area contributed by atoms with E-state index in [0.717, 1.165) is 31.7 Å².